The van der Waals surface area contributed by atoms with Crippen molar-refractivity contribution >= 4 is 6.03 Å². The molecule has 0 radical (unpaired) electrons. The molecule has 2 N–H and O–H groups in total. The average molecular weight is 199 g/mol. The van der Waals surface area contributed by atoms with Gasteiger partial charge in [0.1, 0.15) is 0 Å². The molecule has 0 aliphatic carbocycles. The highest BCUT2D eigenvalue weighted by Crippen LogP contribution is 2.09. The van der Waals surface area contributed by atoms with E-state index in [9.17, 15) is 4.79 Å². The van der Waals surface area contributed by atoms with Crippen molar-refractivity contribution in [2.75, 3.05) is 26.7 Å². The number of nitrogens with zero attached hydrogens (tertiary/aromatic N) is 1. The van der Waals surface area contributed by atoms with E-state index in [-0.39, 0.29) is 6.03 Å². The van der Waals surface area contributed by atoms with Crippen LogP contribution in [0.4, 0.5) is 4.79 Å². The van der Waals surface area contributed by atoms with E-state index in [1.165, 1.54) is 6.42 Å². The van der Waals surface area contributed by atoms with Crippen molar-refractivity contribution in [3.8, 4) is 0 Å². The Morgan fingerprint density at radius 3 is 3.00 bits per heavy atom. The number of urea groups is 1. The van der Waals surface area contributed by atoms with Crippen LogP contribution in [0.2, 0.25) is 0 Å². The molecule has 0 saturated carbocycles. The van der Waals surface area contributed by atoms with Crippen molar-refractivity contribution in [3.05, 3.63) is 0 Å². The minimum atomic E-state index is 0.0491. The molecule has 1 rings (SSSR count). The third-order valence-electron chi connectivity index (χ3n) is 2.61. The lowest BCUT2D eigenvalue weighted by Crippen LogP contribution is -2.50. The summed E-state index contributed by atoms with van der Waals surface area (Å²) in [7, 11) is 1.69. The molecule has 1 saturated heterocycles. The monoisotopic (exact) mass is 199 g/mol. The normalized spacial score (nSPS) is 22.1. The van der Waals surface area contributed by atoms with Crippen molar-refractivity contribution in [1.82, 2.24) is 15.5 Å². The number of carbonyl (C=O) groups is 1. The van der Waals surface area contributed by atoms with Gasteiger partial charge in [-0.2, -0.15) is 0 Å². The molecule has 1 aliphatic rings. The van der Waals surface area contributed by atoms with Crippen LogP contribution in [0.3, 0.4) is 0 Å². The molecule has 82 valence electrons. The Bertz CT molecular complexity index is 184. The van der Waals surface area contributed by atoms with E-state index in [2.05, 4.69) is 17.6 Å². The lowest BCUT2D eigenvalue weighted by atomic mass is 10.1. The molecule has 1 aliphatic heterocycles. The van der Waals surface area contributed by atoms with E-state index in [1.807, 2.05) is 4.90 Å². The average Bonchev–Trinajstić information content (AvgIpc) is 2.25. The molecule has 0 aromatic rings. The number of rotatable bonds is 3. The molecule has 1 fully saturated rings. The van der Waals surface area contributed by atoms with E-state index in [0.29, 0.717) is 6.04 Å². The quantitative estimate of drug-likeness (QED) is 0.706. The first-order valence-corrected chi connectivity index (χ1v) is 5.48. The van der Waals surface area contributed by atoms with Gasteiger partial charge in [-0.15, -0.1) is 0 Å². The highest BCUT2D eigenvalue weighted by molar-refractivity contribution is 5.73. The van der Waals surface area contributed by atoms with Gasteiger partial charge in [0.05, 0.1) is 0 Å². The maximum absolute atomic E-state index is 11.4. The zero-order valence-electron chi connectivity index (χ0n) is 9.18. The van der Waals surface area contributed by atoms with Crippen molar-refractivity contribution in [2.45, 2.75) is 32.2 Å². The maximum atomic E-state index is 11.4. The van der Waals surface area contributed by atoms with Gasteiger partial charge in [-0.25, -0.2) is 4.79 Å². The predicted molar refractivity (Wildman–Crippen MR) is 57.3 cm³/mol. The SMILES string of the molecule is CCCNC1CCCN(C(=O)NC)C1. The summed E-state index contributed by atoms with van der Waals surface area (Å²) in [5, 5.41) is 6.13. The number of likely N-dealkylation sites (tertiary alicyclic amines) is 1. The van der Waals surface area contributed by atoms with Crippen LogP contribution in [0.25, 0.3) is 0 Å². The van der Waals surface area contributed by atoms with E-state index in [4.69, 9.17) is 0 Å². The van der Waals surface area contributed by atoms with Gasteiger partial charge in [-0.05, 0) is 25.8 Å². The molecule has 0 spiro atoms. The van der Waals surface area contributed by atoms with Gasteiger partial charge in [-0.1, -0.05) is 6.92 Å². The Labute approximate surface area is 86.0 Å². The van der Waals surface area contributed by atoms with E-state index < -0.39 is 0 Å². The molecule has 1 atom stereocenters. The fourth-order valence-electron chi connectivity index (χ4n) is 1.83. The smallest absolute Gasteiger partial charge is 0.317 e. The summed E-state index contributed by atoms with van der Waals surface area (Å²) in [6.45, 7) is 4.95. The summed E-state index contributed by atoms with van der Waals surface area (Å²) >= 11 is 0. The number of amides is 2. The Hall–Kier alpha value is -0.770. The summed E-state index contributed by atoms with van der Waals surface area (Å²) in [5.41, 5.74) is 0. The first-order chi connectivity index (χ1) is 6.77. The lowest BCUT2D eigenvalue weighted by molar-refractivity contribution is 0.175. The molecule has 0 aromatic carbocycles. The van der Waals surface area contributed by atoms with Gasteiger partial charge in [-0.3, -0.25) is 0 Å². The van der Waals surface area contributed by atoms with Gasteiger partial charge in [0.25, 0.3) is 0 Å². The molecular weight excluding hydrogens is 178 g/mol. The molecule has 1 heterocycles. The molecule has 0 aromatic heterocycles. The number of hydrogen-bond donors (Lipinski definition) is 2. The number of nitrogens with one attached hydrogen (secondary N) is 2. The molecule has 4 heteroatoms. The standard InChI is InChI=1S/C10H21N3O/c1-3-6-12-9-5-4-7-13(8-9)10(14)11-2/h9,12H,3-8H2,1-2H3,(H,11,14). The third-order valence-corrected chi connectivity index (χ3v) is 2.61. The van der Waals surface area contributed by atoms with E-state index in [0.717, 1.165) is 32.5 Å². The number of piperidine rings is 1. The maximum Gasteiger partial charge on any atom is 0.317 e. The second kappa shape index (κ2) is 5.86. The summed E-state index contributed by atoms with van der Waals surface area (Å²) in [5.74, 6) is 0. The molecule has 14 heavy (non-hydrogen) atoms. The fraction of sp³-hybridized carbons (Fsp3) is 0.900. The highest BCUT2D eigenvalue weighted by atomic mass is 16.2. The van der Waals surface area contributed by atoms with Crippen molar-refractivity contribution < 1.29 is 4.79 Å². The first-order valence-electron chi connectivity index (χ1n) is 5.48. The number of carbonyl (C=O) groups excluding carboxylic acids is 1. The topological polar surface area (TPSA) is 44.4 Å². The molecule has 1 unspecified atom stereocenters. The molecule has 2 amide bonds. The van der Waals surface area contributed by atoms with E-state index >= 15 is 0 Å². The Morgan fingerprint density at radius 1 is 1.57 bits per heavy atom. The highest BCUT2D eigenvalue weighted by Gasteiger charge is 2.21. The first kappa shape index (κ1) is 11.3. The lowest BCUT2D eigenvalue weighted by Gasteiger charge is -2.32. The molecule has 0 bridgehead atoms. The third kappa shape index (κ3) is 3.18. The van der Waals surface area contributed by atoms with Gasteiger partial charge < -0.3 is 15.5 Å². The van der Waals surface area contributed by atoms with Crippen LogP contribution in [0.15, 0.2) is 0 Å². The van der Waals surface area contributed by atoms with Gasteiger partial charge in [0, 0.05) is 26.2 Å². The van der Waals surface area contributed by atoms with Crippen LogP contribution in [0.5, 0.6) is 0 Å². The summed E-state index contributed by atoms with van der Waals surface area (Å²) in [4.78, 5) is 13.3. The van der Waals surface area contributed by atoms with Gasteiger partial charge in [0.15, 0.2) is 0 Å². The van der Waals surface area contributed by atoms with Crippen LogP contribution in [0.1, 0.15) is 26.2 Å². The summed E-state index contributed by atoms with van der Waals surface area (Å²) in [6.07, 6.45) is 3.44. The second-order valence-corrected chi connectivity index (χ2v) is 3.79. The fourth-order valence-corrected chi connectivity index (χ4v) is 1.83. The van der Waals surface area contributed by atoms with Crippen LogP contribution in [0, 0.1) is 0 Å². The van der Waals surface area contributed by atoms with Crippen LogP contribution in [-0.2, 0) is 0 Å². The zero-order chi connectivity index (χ0) is 10.4. The largest absolute Gasteiger partial charge is 0.341 e. The van der Waals surface area contributed by atoms with Crippen LogP contribution >= 0.6 is 0 Å². The van der Waals surface area contributed by atoms with Gasteiger partial charge >= 0.3 is 6.03 Å². The van der Waals surface area contributed by atoms with E-state index in [1.54, 1.807) is 7.05 Å². The molecule has 4 nitrogen and oxygen atoms in total. The van der Waals surface area contributed by atoms with Crippen molar-refractivity contribution in [1.29, 1.82) is 0 Å². The van der Waals surface area contributed by atoms with Crippen LogP contribution < -0.4 is 10.6 Å². The van der Waals surface area contributed by atoms with Crippen molar-refractivity contribution in [3.63, 3.8) is 0 Å². The van der Waals surface area contributed by atoms with Crippen LogP contribution in [-0.4, -0.2) is 43.7 Å². The molecular formula is C10H21N3O. The minimum Gasteiger partial charge on any atom is -0.341 e. The van der Waals surface area contributed by atoms with Crippen molar-refractivity contribution in [2.24, 2.45) is 0 Å². The van der Waals surface area contributed by atoms with Gasteiger partial charge in [0.2, 0.25) is 0 Å². The summed E-state index contributed by atoms with van der Waals surface area (Å²) in [6, 6.07) is 0.536. The summed E-state index contributed by atoms with van der Waals surface area (Å²) < 4.78 is 0. The zero-order valence-corrected chi connectivity index (χ0v) is 9.18. The Morgan fingerprint density at radius 2 is 2.36 bits per heavy atom. The number of hydrogen-bond acceptors (Lipinski definition) is 2. The predicted octanol–water partition coefficient (Wildman–Crippen LogP) is 0.790. The minimum absolute atomic E-state index is 0.0491. The Balaban J connectivity index is 2.31. The second-order valence-electron chi connectivity index (χ2n) is 3.79. The Kier molecular flexibility index (Phi) is 4.73.